The first-order valence-electron chi connectivity index (χ1n) is 13.8. The Bertz CT molecular complexity index is 1640. The first-order chi connectivity index (χ1) is 20.2. The smallest absolute Gasteiger partial charge is 0.0639 e. The molecule has 0 fully saturated rings. The lowest BCUT2D eigenvalue weighted by atomic mass is 9.90. The summed E-state index contributed by atoms with van der Waals surface area (Å²) in [7, 11) is 0. The van der Waals surface area contributed by atoms with Crippen molar-refractivity contribution >= 4 is 39.7 Å². The van der Waals surface area contributed by atoms with Gasteiger partial charge in [-0.1, -0.05) is 84.9 Å². The number of nitrogens with zero attached hydrogens (tertiary/aromatic N) is 1. The van der Waals surface area contributed by atoms with Crippen LogP contribution < -0.4 is 10.6 Å². The van der Waals surface area contributed by atoms with Crippen molar-refractivity contribution in [2.45, 2.75) is 6.92 Å². The van der Waals surface area contributed by atoms with Crippen LogP contribution in [0.4, 0.5) is 28.4 Å². The van der Waals surface area contributed by atoms with Crippen LogP contribution in [-0.2, 0) is 0 Å². The standard InChI is InChI=1S/C38H31N3/c1-28-9-8-14-37(27-28)41-36-25-19-31(20-26-36)38(29-15-21-34(22-16-29)39-32-10-4-2-5-11-32)30-17-23-35(24-18-30)40-33-12-6-3-7-13-33/h2-27,39-40H,1H3. The molecule has 0 aromatic heterocycles. The predicted molar refractivity (Wildman–Crippen MR) is 175 cm³/mol. The molecule has 5 aromatic carbocycles. The van der Waals surface area contributed by atoms with Gasteiger partial charge in [0.1, 0.15) is 0 Å². The summed E-state index contributed by atoms with van der Waals surface area (Å²) < 4.78 is 0. The zero-order chi connectivity index (χ0) is 27.9. The topological polar surface area (TPSA) is 36.4 Å². The third-order valence-corrected chi connectivity index (χ3v) is 6.89. The normalized spacial score (nSPS) is 12.2. The Morgan fingerprint density at radius 2 is 0.976 bits per heavy atom. The van der Waals surface area contributed by atoms with Gasteiger partial charge in [-0.05, 0) is 108 Å². The van der Waals surface area contributed by atoms with Crippen LogP contribution in [0.3, 0.4) is 0 Å². The van der Waals surface area contributed by atoms with Gasteiger partial charge in [0.15, 0.2) is 0 Å². The summed E-state index contributed by atoms with van der Waals surface area (Å²) in [4.78, 5) is 4.83. The molecule has 5 aromatic rings. The van der Waals surface area contributed by atoms with Crippen LogP contribution in [0.15, 0.2) is 168 Å². The molecule has 3 heteroatoms. The maximum absolute atomic E-state index is 4.83. The second-order valence-electron chi connectivity index (χ2n) is 10.0. The average molecular weight is 530 g/mol. The number of anilines is 4. The summed E-state index contributed by atoms with van der Waals surface area (Å²) in [6.07, 6.45) is 8.51. The summed E-state index contributed by atoms with van der Waals surface area (Å²) in [6.45, 7) is 2.09. The first kappa shape index (κ1) is 25.8. The van der Waals surface area contributed by atoms with Crippen LogP contribution in [0, 0.1) is 6.92 Å². The van der Waals surface area contributed by atoms with Gasteiger partial charge in [0, 0.05) is 22.7 Å². The lowest BCUT2D eigenvalue weighted by Gasteiger charge is -2.16. The van der Waals surface area contributed by atoms with Crippen molar-refractivity contribution in [2.75, 3.05) is 10.6 Å². The van der Waals surface area contributed by atoms with E-state index < -0.39 is 0 Å². The van der Waals surface area contributed by atoms with Gasteiger partial charge in [-0.3, -0.25) is 0 Å². The molecule has 0 amide bonds. The molecule has 0 radical (unpaired) electrons. The third kappa shape index (κ3) is 6.60. The van der Waals surface area contributed by atoms with Crippen LogP contribution in [0.1, 0.15) is 16.7 Å². The van der Waals surface area contributed by atoms with Crippen molar-refractivity contribution in [1.29, 1.82) is 0 Å². The largest absolute Gasteiger partial charge is 0.356 e. The summed E-state index contributed by atoms with van der Waals surface area (Å²) in [5.41, 5.74) is 11.9. The molecule has 0 spiro atoms. The maximum Gasteiger partial charge on any atom is 0.0639 e. The van der Waals surface area contributed by atoms with Crippen LogP contribution in [0.2, 0.25) is 0 Å². The fourth-order valence-corrected chi connectivity index (χ4v) is 4.87. The molecule has 0 aliphatic heterocycles. The first-order valence-corrected chi connectivity index (χ1v) is 13.8. The number of hydrogen-bond donors (Lipinski definition) is 2. The van der Waals surface area contributed by atoms with Crippen molar-refractivity contribution in [1.82, 2.24) is 0 Å². The maximum atomic E-state index is 4.83. The molecule has 0 atom stereocenters. The zero-order valence-corrected chi connectivity index (χ0v) is 23.0. The number of aryl methyl sites for hydroxylation is 1. The van der Waals surface area contributed by atoms with Gasteiger partial charge in [0.2, 0.25) is 0 Å². The molecule has 0 saturated heterocycles. The predicted octanol–water partition coefficient (Wildman–Crippen LogP) is 10.2. The van der Waals surface area contributed by atoms with E-state index in [9.17, 15) is 0 Å². The molecule has 1 aliphatic rings. The Morgan fingerprint density at radius 1 is 0.488 bits per heavy atom. The van der Waals surface area contributed by atoms with E-state index in [1.807, 2.05) is 48.5 Å². The molecule has 3 nitrogen and oxygen atoms in total. The summed E-state index contributed by atoms with van der Waals surface area (Å²) >= 11 is 0. The Morgan fingerprint density at radius 3 is 1.46 bits per heavy atom. The molecule has 41 heavy (non-hydrogen) atoms. The minimum Gasteiger partial charge on any atom is -0.356 e. The highest BCUT2D eigenvalue weighted by molar-refractivity contribution is 6.08. The fraction of sp³-hybridized carbons (Fsp3) is 0.0263. The number of nitrogens with one attached hydrogen (secondary N) is 2. The molecule has 0 unspecified atom stereocenters. The SMILES string of the molecule is Cc1cccc(N=C2C=CC(=C(c3ccc(Nc4ccccc4)cc3)c3ccc(Nc4ccccc4)cc3)C=C2)c1. The highest BCUT2D eigenvalue weighted by atomic mass is 14.9. The molecule has 2 N–H and O–H groups in total. The van der Waals surface area contributed by atoms with Gasteiger partial charge in [-0.15, -0.1) is 0 Å². The van der Waals surface area contributed by atoms with Crippen molar-refractivity contribution < 1.29 is 0 Å². The quantitative estimate of drug-likeness (QED) is 0.220. The number of para-hydroxylation sites is 2. The van der Waals surface area contributed by atoms with Gasteiger partial charge in [-0.2, -0.15) is 0 Å². The van der Waals surface area contributed by atoms with E-state index in [4.69, 9.17) is 4.99 Å². The van der Waals surface area contributed by atoms with Crippen LogP contribution in [-0.4, -0.2) is 5.71 Å². The van der Waals surface area contributed by atoms with Gasteiger partial charge in [0.05, 0.1) is 11.4 Å². The lowest BCUT2D eigenvalue weighted by molar-refractivity contribution is 1.42. The highest BCUT2D eigenvalue weighted by Crippen LogP contribution is 2.32. The van der Waals surface area contributed by atoms with E-state index in [0.717, 1.165) is 50.8 Å². The number of hydrogen-bond acceptors (Lipinski definition) is 3. The summed E-state index contributed by atoms with van der Waals surface area (Å²) in [5.74, 6) is 0. The minimum atomic E-state index is 0.934. The van der Waals surface area contributed by atoms with Crippen molar-refractivity contribution in [3.05, 3.63) is 180 Å². The number of allylic oxidation sites excluding steroid dienone is 5. The van der Waals surface area contributed by atoms with Crippen LogP contribution in [0.5, 0.6) is 0 Å². The van der Waals surface area contributed by atoms with Gasteiger partial charge in [-0.25, -0.2) is 4.99 Å². The van der Waals surface area contributed by atoms with Crippen molar-refractivity contribution in [3.63, 3.8) is 0 Å². The summed E-state index contributed by atoms with van der Waals surface area (Å²) in [5, 5.41) is 6.97. The second-order valence-corrected chi connectivity index (χ2v) is 10.0. The van der Waals surface area contributed by atoms with E-state index in [1.54, 1.807) is 0 Å². The molecule has 0 heterocycles. The summed E-state index contributed by atoms with van der Waals surface area (Å²) in [6, 6.07) is 46.0. The van der Waals surface area contributed by atoms with Gasteiger partial charge in [0.25, 0.3) is 0 Å². The Kier molecular flexibility index (Phi) is 7.68. The molecular formula is C38H31N3. The Labute approximate surface area is 241 Å². The van der Waals surface area contributed by atoms with Gasteiger partial charge >= 0.3 is 0 Å². The minimum absolute atomic E-state index is 0.934. The van der Waals surface area contributed by atoms with Crippen molar-refractivity contribution in [2.24, 2.45) is 4.99 Å². The van der Waals surface area contributed by atoms with E-state index >= 15 is 0 Å². The fourth-order valence-electron chi connectivity index (χ4n) is 4.87. The molecular weight excluding hydrogens is 498 g/mol. The molecule has 1 aliphatic carbocycles. The van der Waals surface area contributed by atoms with E-state index in [2.05, 4.69) is 127 Å². The number of benzene rings is 5. The molecule has 0 bridgehead atoms. The Hall–Kier alpha value is -5.41. The van der Waals surface area contributed by atoms with Crippen LogP contribution in [0.25, 0.3) is 5.57 Å². The van der Waals surface area contributed by atoms with E-state index in [-0.39, 0.29) is 0 Å². The number of aliphatic imine (C=N–C) groups is 1. The second kappa shape index (κ2) is 12.2. The Balaban J connectivity index is 1.33. The molecule has 198 valence electrons. The highest BCUT2D eigenvalue weighted by Gasteiger charge is 2.12. The van der Waals surface area contributed by atoms with E-state index in [0.29, 0.717) is 0 Å². The van der Waals surface area contributed by atoms with Crippen molar-refractivity contribution in [3.8, 4) is 0 Å². The third-order valence-electron chi connectivity index (χ3n) is 6.89. The zero-order valence-electron chi connectivity index (χ0n) is 23.0. The monoisotopic (exact) mass is 529 g/mol. The number of rotatable bonds is 7. The van der Waals surface area contributed by atoms with E-state index in [1.165, 1.54) is 11.1 Å². The average Bonchev–Trinajstić information content (AvgIpc) is 3.01. The van der Waals surface area contributed by atoms with Gasteiger partial charge < -0.3 is 10.6 Å². The molecule has 0 saturated carbocycles. The lowest BCUT2D eigenvalue weighted by Crippen LogP contribution is -1.99. The molecule has 6 rings (SSSR count). The van der Waals surface area contributed by atoms with Crippen LogP contribution >= 0.6 is 0 Å².